The highest BCUT2D eigenvalue weighted by atomic mass is 16.1. The Kier molecular flexibility index (Phi) is 4.52. The van der Waals surface area contributed by atoms with Gasteiger partial charge in [0.2, 0.25) is 5.91 Å². The zero-order valence-corrected chi connectivity index (χ0v) is 14.6. The van der Waals surface area contributed by atoms with Gasteiger partial charge in [-0.25, -0.2) is 0 Å². The highest BCUT2D eigenvalue weighted by Crippen LogP contribution is 2.40. The van der Waals surface area contributed by atoms with Crippen molar-refractivity contribution in [3.63, 3.8) is 0 Å². The van der Waals surface area contributed by atoms with Gasteiger partial charge in [-0.15, -0.1) is 0 Å². The topological polar surface area (TPSA) is 42.0 Å². The zero-order chi connectivity index (χ0) is 17.2. The van der Waals surface area contributed by atoms with Crippen LogP contribution in [0.15, 0.2) is 59.8 Å². The number of anilines is 1. The maximum Gasteiger partial charge on any atom is 0.248 e. The minimum atomic E-state index is -0.104. The first-order chi connectivity index (χ1) is 11.5. The van der Waals surface area contributed by atoms with E-state index in [4.69, 9.17) is 0 Å². The number of nitrogens with zero attached hydrogens (tertiary/aromatic N) is 1. The fraction of sp³-hybridized carbons (Fsp3) is 0.333. The van der Waals surface area contributed by atoms with Crippen molar-refractivity contribution in [1.29, 1.82) is 0 Å². The summed E-state index contributed by atoms with van der Waals surface area (Å²) >= 11 is 0. The van der Waals surface area contributed by atoms with E-state index >= 15 is 0 Å². The van der Waals surface area contributed by atoms with Crippen LogP contribution < -0.4 is 5.32 Å². The fourth-order valence-electron chi connectivity index (χ4n) is 3.56. The molecule has 2 aromatic rings. The molecule has 1 N–H and O–H groups in total. The van der Waals surface area contributed by atoms with Crippen molar-refractivity contribution in [2.45, 2.75) is 40.0 Å². The molecule has 1 aliphatic rings. The lowest BCUT2D eigenvalue weighted by molar-refractivity contribution is -0.111. The number of allylic oxidation sites excluding steroid dienone is 3. The molecule has 0 fully saturated rings. The highest BCUT2D eigenvalue weighted by Gasteiger charge is 2.26. The van der Waals surface area contributed by atoms with Crippen molar-refractivity contribution in [3.8, 4) is 0 Å². The molecule has 3 heteroatoms. The minimum Gasteiger partial charge on any atom is -0.322 e. The van der Waals surface area contributed by atoms with E-state index in [9.17, 15) is 4.79 Å². The maximum atomic E-state index is 12.4. The van der Waals surface area contributed by atoms with Crippen molar-refractivity contribution in [2.24, 2.45) is 5.41 Å². The summed E-state index contributed by atoms with van der Waals surface area (Å²) in [6.07, 6.45) is 8.92. The molecule has 0 atom stereocenters. The molecular formula is C21H24N2O. The Morgan fingerprint density at radius 2 is 2.08 bits per heavy atom. The molecule has 0 spiro atoms. The summed E-state index contributed by atoms with van der Waals surface area (Å²) in [4.78, 5) is 16.7. The Morgan fingerprint density at radius 3 is 2.88 bits per heavy atom. The van der Waals surface area contributed by atoms with E-state index in [0.29, 0.717) is 0 Å². The smallest absolute Gasteiger partial charge is 0.248 e. The minimum absolute atomic E-state index is 0.104. The van der Waals surface area contributed by atoms with Gasteiger partial charge in [0.05, 0.1) is 11.2 Å². The van der Waals surface area contributed by atoms with Crippen LogP contribution in [-0.2, 0) is 4.79 Å². The van der Waals surface area contributed by atoms with Gasteiger partial charge in [0.15, 0.2) is 0 Å². The number of rotatable bonds is 3. The van der Waals surface area contributed by atoms with Crippen molar-refractivity contribution >= 4 is 22.5 Å². The first-order valence-electron chi connectivity index (χ1n) is 8.50. The molecule has 0 aliphatic heterocycles. The number of hydrogen-bond acceptors (Lipinski definition) is 2. The van der Waals surface area contributed by atoms with E-state index in [1.807, 2.05) is 36.4 Å². The van der Waals surface area contributed by atoms with E-state index in [-0.39, 0.29) is 11.3 Å². The zero-order valence-electron chi connectivity index (χ0n) is 14.6. The summed E-state index contributed by atoms with van der Waals surface area (Å²) in [6, 6.07) is 9.61. The van der Waals surface area contributed by atoms with E-state index in [1.165, 1.54) is 24.0 Å². The lowest BCUT2D eigenvalue weighted by Gasteiger charge is -2.32. The summed E-state index contributed by atoms with van der Waals surface area (Å²) < 4.78 is 0. The molecule has 1 aromatic heterocycles. The first-order valence-corrected chi connectivity index (χ1v) is 8.50. The van der Waals surface area contributed by atoms with E-state index in [1.54, 1.807) is 12.3 Å². The van der Waals surface area contributed by atoms with Gasteiger partial charge in [-0.1, -0.05) is 31.6 Å². The standard InChI is InChI=1S/C21H24N2O/c1-15-7-5-13-21(2,3)17(15)11-12-20(24)23-19-10-4-9-18-16(19)8-6-14-22-18/h4,6,8-12,14H,5,7,13H2,1-3H3,(H,23,24)/b12-11+. The number of benzene rings is 1. The van der Waals surface area contributed by atoms with Crippen LogP contribution in [0.25, 0.3) is 10.9 Å². The number of carbonyl (C=O) groups excluding carboxylic acids is 1. The monoisotopic (exact) mass is 320 g/mol. The molecule has 3 nitrogen and oxygen atoms in total. The molecule has 0 bridgehead atoms. The van der Waals surface area contributed by atoms with Crippen molar-refractivity contribution < 1.29 is 4.79 Å². The Labute approximate surface area is 143 Å². The Balaban J connectivity index is 1.80. The van der Waals surface area contributed by atoms with Crippen LogP contribution >= 0.6 is 0 Å². The number of aromatic nitrogens is 1. The summed E-state index contributed by atoms with van der Waals surface area (Å²) in [7, 11) is 0. The Morgan fingerprint density at radius 1 is 1.25 bits per heavy atom. The van der Waals surface area contributed by atoms with Crippen LogP contribution in [0.2, 0.25) is 0 Å². The number of nitrogens with one attached hydrogen (secondary N) is 1. The maximum absolute atomic E-state index is 12.4. The fourth-order valence-corrected chi connectivity index (χ4v) is 3.56. The third-order valence-electron chi connectivity index (χ3n) is 4.85. The van der Waals surface area contributed by atoms with Crippen LogP contribution in [0.5, 0.6) is 0 Å². The van der Waals surface area contributed by atoms with E-state index in [2.05, 4.69) is 31.1 Å². The first kappa shape index (κ1) is 16.4. The van der Waals surface area contributed by atoms with Crippen LogP contribution in [-0.4, -0.2) is 10.9 Å². The third-order valence-corrected chi connectivity index (χ3v) is 4.85. The van der Waals surface area contributed by atoms with Gasteiger partial charge in [-0.05, 0) is 61.4 Å². The summed E-state index contributed by atoms with van der Waals surface area (Å²) in [5, 5.41) is 3.93. The number of carbonyl (C=O) groups is 1. The molecule has 124 valence electrons. The second kappa shape index (κ2) is 6.60. The van der Waals surface area contributed by atoms with Crippen LogP contribution in [0, 0.1) is 5.41 Å². The second-order valence-corrected chi connectivity index (χ2v) is 7.13. The third kappa shape index (κ3) is 3.40. The molecule has 24 heavy (non-hydrogen) atoms. The van der Waals surface area contributed by atoms with Crippen LogP contribution in [0.4, 0.5) is 5.69 Å². The lowest BCUT2D eigenvalue weighted by atomic mass is 9.72. The average molecular weight is 320 g/mol. The molecule has 0 radical (unpaired) electrons. The van der Waals surface area contributed by atoms with Gasteiger partial charge in [0, 0.05) is 17.7 Å². The largest absolute Gasteiger partial charge is 0.322 e. The average Bonchev–Trinajstić information content (AvgIpc) is 2.54. The molecule has 1 amide bonds. The van der Waals surface area contributed by atoms with Gasteiger partial charge in [0.1, 0.15) is 0 Å². The normalized spacial score (nSPS) is 17.5. The van der Waals surface area contributed by atoms with Gasteiger partial charge < -0.3 is 5.32 Å². The molecule has 0 saturated heterocycles. The van der Waals surface area contributed by atoms with Crippen molar-refractivity contribution in [1.82, 2.24) is 4.98 Å². The highest BCUT2D eigenvalue weighted by molar-refractivity contribution is 6.05. The number of hydrogen-bond donors (Lipinski definition) is 1. The van der Waals surface area contributed by atoms with E-state index < -0.39 is 0 Å². The van der Waals surface area contributed by atoms with Crippen molar-refractivity contribution in [3.05, 3.63) is 59.8 Å². The Bertz CT molecular complexity index is 825. The molecular weight excluding hydrogens is 296 g/mol. The molecule has 0 unspecified atom stereocenters. The molecule has 1 heterocycles. The van der Waals surface area contributed by atoms with Gasteiger partial charge >= 0.3 is 0 Å². The van der Waals surface area contributed by atoms with Gasteiger partial charge in [-0.2, -0.15) is 0 Å². The summed E-state index contributed by atoms with van der Waals surface area (Å²) in [5.74, 6) is -0.104. The molecule has 0 saturated carbocycles. The number of amides is 1. The van der Waals surface area contributed by atoms with Crippen LogP contribution in [0.1, 0.15) is 40.0 Å². The van der Waals surface area contributed by atoms with Crippen molar-refractivity contribution in [2.75, 3.05) is 5.32 Å². The Hall–Kier alpha value is -2.42. The SMILES string of the molecule is CC1=C(/C=C/C(=O)Nc2cccc3ncccc23)C(C)(C)CCC1. The predicted molar refractivity (Wildman–Crippen MR) is 99.8 cm³/mol. The van der Waals surface area contributed by atoms with Crippen LogP contribution in [0.3, 0.4) is 0 Å². The van der Waals surface area contributed by atoms with Gasteiger partial charge in [-0.3, -0.25) is 9.78 Å². The molecule has 1 aromatic carbocycles. The quantitative estimate of drug-likeness (QED) is 0.784. The predicted octanol–water partition coefficient (Wildman–Crippen LogP) is 5.26. The summed E-state index contributed by atoms with van der Waals surface area (Å²) in [6.45, 7) is 6.68. The number of fused-ring (bicyclic) bond motifs is 1. The second-order valence-electron chi connectivity index (χ2n) is 7.13. The van der Waals surface area contributed by atoms with E-state index in [0.717, 1.165) is 23.0 Å². The molecule has 3 rings (SSSR count). The number of pyridine rings is 1. The summed E-state index contributed by atoms with van der Waals surface area (Å²) in [5.41, 5.74) is 4.51. The lowest BCUT2D eigenvalue weighted by Crippen LogP contribution is -2.19. The van der Waals surface area contributed by atoms with Gasteiger partial charge in [0.25, 0.3) is 0 Å². The molecule has 1 aliphatic carbocycles.